The van der Waals surface area contributed by atoms with Crippen LogP contribution in [0.5, 0.6) is 0 Å². The first kappa shape index (κ1) is 20.6. The molecule has 0 saturated carbocycles. The van der Waals surface area contributed by atoms with E-state index >= 15 is 0 Å². The Labute approximate surface area is 180 Å². The zero-order valence-corrected chi connectivity index (χ0v) is 17.0. The molecule has 4 aromatic rings. The van der Waals surface area contributed by atoms with Crippen LogP contribution in [0.15, 0.2) is 39.8 Å². The lowest BCUT2D eigenvalue weighted by Crippen LogP contribution is -2.09. The predicted molar refractivity (Wildman–Crippen MR) is 105 cm³/mol. The number of benzene rings is 1. The summed E-state index contributed by atoms with van der Waals surface area (Å²) in [6, 6.07) is 3.62. The third-order valence-electron chi connectivity index (χ3n) is 4.15. The van der Waals surface area contributed by atoms with Gasteiger partial charge >= 0.3 is 11.8 Å². The number of pyridine rings is 1. The van der Waals surface area contributed by atoms with Crippen LogP contribution in [0.25, 0.3) is 28.2 Å². The summed E-state index contributed by atoms with van der Waals surface area (Å²) in [5, 5.41) is 3.82. The fourth-order valence-electron chi connectivity index (χ4n) is 2.87. The van der Waals surface area contributed by atoms with Gasteiger partial charge in [-0.1, -0.05) is 34.8 Å². The molecule has 0 atom stereocenters. The van der Waals surface area contributed by atoms with Crippen LogP contribution in [-0.4, -0.2) is 19.7 Å². The highest BCUT2D eigenvalue weighted by atomic mass is 35.5. The number of rotatable bonds is 2. The predicted octanol–water partition coefficient (Wildman–Crippen LogP) is 5.72. The van der Waals surface area contributed by atoms with Crippen LogP contribution in [0.4, 0.5) is 13.2 Å². The summed E-state index contributed by atoms with van der Waals surface area (Å²) >= 11 is 18.2. The minimum atomic E-state index is -4.79. The van der Waals surface area contributed by atoms with Crippen LogP contribution in [0.3, 0.4) is 0 Å². The maximum Gasteiger partial charge on any atom is 0.435 e. The normalized spacial score (nSPS) is 12.0. The van der Waals surface area contributed by atoms with Crippen LogP contribution in [0, 0.1) is 6.92 Å². The average molecular weight is 476 g/mol. The molecule has 0 N–H and O–H groups in total. The Bertz CT molecular complexity index is 1350. The largest absolute Gasteiger partial charge is 0.435 e. The molecule has 0 aliphatic rings. The Morgan fingerprint density at radius 2 is 1.73 bits per heavy atom. The van der Waals surface area contributed by atoms with Crippen LogP contribution >= 0.6 is 34.8 Å². The molecular weight excluding hydrogens is 468 g/mol. The number of halogens is 6. The second-order valence-corrected chi connectivity index (χ2v) is 7.45. The van der Waals surface area contributed by atoms with Crippen molar-refractivity contribution in [1.82, 2.24) is 19.7 Å². The van der Waals surface area contributed by atoms with Crippen molar-refractivity contribution < 1.29 is 17.6 Å². The number of aryl methyl sites for hydroxylation is 1. The summed E-state index contributed by atoms with van der Waals surface area (Å²) in [7, 11) is 0. The van der Waals surface area contributed by atoms with Gasteiger partial charge in [0.2, 0.25) is 5.89 Å². The van der Waals surface area contributed by atoms with Crippen LogP contribution < -0.4 is 5.63 Å². The minimum Gasteiger partial charge on any atom is -0.401 e. The number of nitrogens with zero attached hydrogens (tertiary/aromatic N) is 4. The van der Waals surface area contributed by atoms with E-state index in [1.54, 1.807) is 13.0 Å². The van der Waals surface area contributed by atoms with Gasteiger partial charge in [-0.2, -0.15) is 18.3 Å². The van der Waals surface area contributed by atoms with Crippen molar-refractivity contribution in [3.05, 3.63) is 67.3 Å². The van der Waals surface area contributed by atoms with Crippen LogP contribution in [-0.2, 0) is 6.18 Å². The van der Waals surface area contributed by atoms with Gasteiger partial charge in [-0.15, -0.1) is 0 Å². The summed E-state index contributed by atoms with van der Waals surface area (Å²) in [6.07, 6.45) is -2.40. The van der Waals surface area contributed by atoms with E-state index in [4.69, 9.17) is 39.2 Å². The van der Waals surface area contributed by atoms with Crippen molar-refractivity contribution in [2.24, 2.45) is 0 Å². The molecule has 0 fully saturated rings. The molecule has 0 saturated heterocycles. The number of hydrogen-bond acceptors (Lipinski definition) is 5. The zero-order chi connectivity index (χ0) is 21.8. The molecule has 6 nitrogen and oxygen atoms in total. The van der Waals surface area contributed by atoms with Crippen molar-refractivity contribution in [2.75, 3.05) is 0 Å². The SMILES string of the molecule is Cc1cc(Cl)cc2c(=O)oc(-c3cc(C(F)(F)F)nn3-c3c(Cl)cncc3Cl)nc12. The monoisotopic (exact) mass is 474 g/mol. The number of fused-ring (bicyclic) bond motifs is 1. The second kappa shape index (κ2) is 7.26. The maximum absolute atomic E-state index is 13.4. The van der Waals surface area contributed by atoms with Gasteiger partial charge in [-0.25, -0.2) is 14.5 Å². The van der Waals surface area contributed by atoms with Gasteiger partial charge < -0.3 is 4.42 Å². The Morgan fingerprint density at radius 1 is 1.07 bits per heavy atom. The van der Waals surface area contributed by atoms with Crippen molar-refractivity contribution in [3.63, 3.8) is 0 Å². The molecule has 4 rings (SSSR count). The molecule has 0 bridgehead atoms. The Kier molecular flexibility index (Phi) is 5.00. The molecule has 12 heteroatoms. The van der Waals surface area contributed by atoms with E-state index in [-0.39, 0.29) is 32.3 Å². The van der Waals surface area contributed by atoms with Crippen molar-refractivity contribution in [2.45, 2.75) is 13.1 Å². The fraction of sp³-hybridized carbons (Fsp3) is 0.111. The van der Waals surface area contributed by atoms with E-state index in [9.17, 15) is 18.0 Å². The van der Waals surface area contributed by atoms with Gasteiger partial charge in [0.1, 0.15) is 11.4 Å². The van der Waals surface area contributed by atoms with Crippen LogP contribution in [0.2, 0.25) is 15.1 Å². The summed E-state index contributed by atoms with van der Waals surface area (Å²) in [6.45, 7) is 1.65. The van der Waals surface area contributed by atoms with Gasteiger partial charge in [-0.3, -0.25) is 4.98 Å². The molecule has 0 aliphatic carbocycles. The quantitative estimate of drug-likeness (QED) is 0.370. The van der Waals surface area contributed by atoms with E-state index in [1.165, 1.54) is 18.5 Å². The molecule has 0 radical (unpaired) electrons. The van der Waals surface area contributed by atoms with Gasteiger partial charge in [-0.05, 0) is 24.6 Å². The van der Waals surface area contributed by atoms with E-state index < -0.39 is 23.4 Å². The van der Waals surface area contributed by atoms with Crippen molar-refractivity contribution >= 4 is 45.7 Å². The smallest absolute Gasteiger partial charge is 0.401 e. The third-order valence-corrected chi connectivity index (χ3v) is 4.92. The molecule has 30 heavy (non-hydrogen) atoms. The first-order valence-electron chi connectivity index (χ1n) is 8.14. The zero-order valence-electron chi connectivity index (χ0n) is 14.8. The minimum absolute atomic E-state index is 0.0633. The third kappa shape index (κ3) is 3.53. The molecule has 0 unspecified atom stereocenters. The standard InChI is InChI=1S/C18H8Cl3F3N4O2/c1-7-2-8(19)3-9-14(7)26-16(30-17(9)29)12-4-13(18(22,23)24)27-28(12)15-10(20)5-25-6-11(15)21/h2-6H,1H3. The number of hydrogen-bond donors (Lipinski definition) is 0. The van der Waals surface area contributed by atoms with Gasteiger partial charge in [0.15, 0.2) is 5.69 Å². The lowest BCUT2D eigenvalue weighted by Gasteiger charge is -2.10. The summed E-state index contributed by atoms with van der Waals surface area (Å²) in [4.78, 5) is 20.5. The molecule has 0 aliphatic heterocycles. The van der Waals surface area contributed by atoms with E-state index in [1.807, 2.05) is 0 Å². The summed E-state index contributed by atoms with van der Waals surface area (Å²) in [5.41, 5.74) is -1.66. The first-order valence-corrected chi connectivity index (χ1v) is 9.27. The molecule has 3 heterocycles. The average Bonchev–Trinajstić information content (AvgIpc) is 3.07. The second-order valence-electron chi connectivity index (χ2n) is 6.20. The Balaban J connectivity index is 2.06. The van der Waals surface area contributed by atoms with Gasteiger partial charge in [0.05, 0.1) is 20.9 Å². The van der Waals surface area contributed by atoms with Gasteiger partial charge in [0, 0.05) is 23.5 Å². The fourth-order valence-corrected chi connectivity index (χ4v) is 3.66. The first-order chi connectivity index (χ1) is 14.1. The maximum atomic E-state index is 13.4. The summed E-state index contributed by atoms with van der Waals surface area (Å²) in [5.74, 6) is -0.398. The highest BCUT2D eigenvalue weighted by Crippen LogP contribution is 2.36. The Hall–Kier alpha value is -2.62. The van der Waals surface area contributed by atoms with E-state index in [2.05, 4.69) is 15.1 Å². The van der Waals surface area contributed by atoms with Crippen molar-refractivity contribution in [3.8, 4) is 17.3 Å². The van der Waals surface area contributed by atoms with Crippen LogP contribution in [0.1, 0.15) is 11.3 Å². The van der Waals surface area contributed by atoms with Crippen molar-refractivity contribution in [1.29, 1.82) is 0 Å². The molecular formula is C18H8Cl3F3N4O2. The molecule has 3 aromatic heterocycles. The summed E-state index contributed by atoms with van der Waals surface area (Å²) < 4.78 is 46.1. The highest BCUT2D eigenvalue weighted by molar-refractivity contribution is 6.37. The molecule has 154 valence electrons. The highest BCUT2D eigenvalue weighted by Gasteiger charge is 2.36. The molecule has 0 amide bonds. The van der Waals surface area contributed by atoms with E-state index in [0.29, 0.717) is 16.7 Å². The number of aromatic nitrogens is 4. The number of alkyl halides is 3. The lowest BCUT2D eigenvalue weighted by atomic mass is 10.1. The lowest BCUT2D eigenvalue weighted by molar-refractivity contribution is -0.141. The molecule has 0 spiro atoms. The molecule has 1 aromatic carbocycles. The van der Waals surface area contributed by atoms with E-state index in [0.717, 1.165) is 4.68 Å². The topological polar surface area (TPSA) is 73.8 Å². The van der Waals surface area contributed by atoms with Gasteiger partial charge in [0.25, 0.3) is 0 Å². The Morgan fingerprint density at radius 3 is 2.37 bits per heavy atom.